The summed E-state index contributed by atoms with van der Waals surface area (Å²) in [5.74, 6) is 5.34. The monoisotopic (exact) mass is 293 g/mol. The van der Waals surface area contributed by atoms with Gasteiger partial charge in [0, 0.05) is 30.2 Å². The smallest absolute Gasteiger partial charge is 0.273 e. The van der Waals surface area contributed by atoms with Crippen LogP contribution in [0, 0.1) is 17.0 Å². The lowest BCUT2D eigenvalue weighted by Crippen LogP contribution is -2.17. The van der Waals surface area contributed by atoms with Gasteiger partial charge in [-0.3, -0.25) is 16.0 Å². The van der Waals surface area contributed by atoms with Gasteiger partial charge in [0.05, 0.1) is 27.9 Å². The van der Waals surface area contributed by atoms with Crippen LogP contribution in [0.25, 0.3) is 0 Å². The second-order valence-corrected chi connectivity index (χ2v) is 5.42. The van der Waals surface area contributed by atoms with Crippen LogP contribution in [0.1, 0.15) is 10.7 Å². The minimum atomic E-state index is -0.439. The number of hydrogen-bond donors (Lipinski definition) is 2. The molecule has 0 radical (unpaired) electrons. The van der Waals surface area contributed by atoms with E-state index in [1.807, 2.05) is 24.3 Å². The SMILES string of the molecule is Cc1nc(CN(C)c2cc(NN)cc([N+](=O)[O-])c2)cs1. The summed E-state index contributed by atoms with van der Waals surface area (Å²) in [6.45, 7) is 2.52. The summed E-state index contributed by atoms with van der Waals surface area (Å²) in [7, 11) is 1.86. The number of aromatic nitrogens is 1. The Labute approximate surface area is 120 Å². The highest BCUT2D eigenvalue weighted by molar-refractivity contribution is 7.09. The van der Waals surface area contributed by atoms with Crippen LogP contribution < -0.4 is 16.2 Å². The van der Waals surface area contributed by atoms with E-state index < -0.39 is 4.92 Å². The molecule has 0 saturated heterocycles. The van der Waals surface area contributed by atoms with Gasteiger partial charge in [-0.15, -0.1) is 11.3 Å². The molecule has 0 aliphatic rings. The Balaban J connectivity index is 2.26. The van der Waals surface area contributed by atoms with Crippen molar-refractivity contribution in [3.63, 3.8) is 0 Å². The Morgan fingerprint density at radius 1 is 1.50 bits per heavy atom. The molecular weight excluding hydrogens is 278 g/mol. The Kier molecular flexibility index (Phi) is 4.16. The average molecular weight is 293 g/mol. The highest BCUT2D eigenvalue weighted by Crippen LogP contribution is 2.27. The molecule has 0 unspecified atom stereocenters. The maximum Gasteiger partial charge on any atom is 0.273 e. The number of nitrogens with two attached hydrogens (primary N) is 1. The molecule has 0 saturated carbocycles. The van der Waals surface area contributed by atoms with Crippen LogP contribution in [0.3, 0.4) is 0 Å². The van der Waals surface area contributed by atoms with Crippen LogP contribution in [0.5, 0.6) is 0 Å². The molecule has 0 fully saturated rings. The third kappa shape index (κ3) is 3.22. The second-order valence-electron chi connectivity index (χ2n) is 4.35. The third-order valence-corrected chi connectivity index (χ3v) is 3.61. The normalized spacial score (nSPS) is 10.3. The summed E-state index contributed by atoms with van der Waals surface area (Å²) in [6.07, 6.45) is 0. The molecule has 2 aromatic rings. The molecule has 0 aliphatic carbocycles. The molecular formula is C12H15N5O2S. The van der Waals surface area contributed by atoms with Crippen molar-refractivity contribution < 1.29 is 4.92 Å². The number of benzene rings is 1. The summed E-state index contributed by atoms with van der Waals surface area (Å²) in [6, 6.07) is 4.66. The number of aryl methyl sites for hydroxylation is 1. The van der Waals surface area contributed by atoms with Gasteiger partial charge in [-0.2, -0.15) is 0 Å². The van der Waals surface area contributed by atoms with Crippen LogP contribution in [0.2, 0.25) is 0 Å². The molecule has 0 spiro atoms. The Bertz CT molecular complexity index is 628. The quantitative estimate of drug-likeness (QED) is 0.498. The van der Waals surface area contributed by atoms with Gasteiger partial charge in [0.1, 0.15) is 0 Å². The van der Waals surface area contributed by atoms with Crippen LogP contribution in [0.4, 0.5) is 17.1 Å². The minimum absolute atomic E-state index is 0.00300. The number of hydrogen-bond acceptors (Lipinski definition) is 7. The number of nitrogens with zero attached hydrogens (tertiary/aromatic N) is 3. The molecule has 1 aromatic heterocycles. The van der Waals surface area contributed by atoms with E-state index in [1.54, 1.807) is 17.4 Å². The fourth-order valence-corrected chi connectivity index (χ4v) is 2.42. The highest BCUT2D eigenvalue weighted by atomic mass is 32.1. The molecule has 1 heterocycles. The first kappa shape index (κ1) is 14.2. The van der Waals surface area contributed by atoms with E-state index >= 15 is 0 Å². The number of hydrazine groups is 1. The molecule has 106 valence electrons. The van der Waals surface area contributed by atoms with Crippen molar-refractivity contribution in [2.75, 3.05) is 17.4 Å². The van der Waals surface area contributed by atoms with Gasteiger partial charge in [-0.25, -0.2) is 4.98 Å². The summed E-state index contributed by atoms with van der Waals surface area (Å²) in [5.41, 5.74) is 4.57. The van der Waals surface area contributed by atoms with Crippen molar-refractivity contribution in [2.24, 2.45) is 5.84 Å². The largest absolute Gasteiger partial charge is 0.368 e. The molecule has 0 atom stereocenters. The maximum absolute atomic E-state index is 10.9. The van der Waals surface area contributed by atoms with E-state index in [4.69, 9.17) is 5.84 Å². The summed E-state index contributed by atoms with van der Waals surface area (Å²) >= 11 is 1.58. The van der Waals surface area contributed by atoms with Gasteiger partial charge < -0.3 is 10.3 Å². The van der Waals surface area contributed by atoms with Crippen molar-refractivity contribution >= 4 is 28.4 Å². The van der Waals surface area contributed by atoms with E-state index in [0.717, 1.165) is 10.7 Å². The van der Waals surface area contributed by atoms with Crippen molar-refractivity contribution in [1.29, 1.82) is 0 Å². The predicted octanol–water partition coefficient (Wildman–Crippen LogP) is 2.28. The number of nitro benzene ring substituents is 1. The zero-order chi connectivity index (χ0) is 14.7. The van der Waals surface area contributed by atoms with E-state index in [-0.39, 0.29) is 5.69 Å². The third-order valence-electron chi connectivity index (χ3n) is 2.79. The van der Waals surface area contributed by atoms with Gasteiger partial charge >= 0.3 is 0 Å². The van der Waals surface area contributed by atoms with E-state index in [0.29, 0.717) is 17.9 Å². The molecule has 7 nitrogen and oxygen atoms in total. The van der Waals surface area contributed by atoms with Gasteiger partial charge in [0.15, 0.2) is 0 Å². The molecule has 0 amide bonds. The van der Waals surface area contributed by atoms with Crippen LogP contribution in [-0.4, -0.2) is 17.0 Å². The Morgan fingerprint density at radius 2 is 2.25 bits per heavy atom. The van der Waals surface area contributed by atoms with Crippen molar-refractivity contribution in [3.8, 4) is 0 Å². The number of rotatable bonds is 5. The number of thiazole rings is 1. The van der Waals surface area contributed by atoms with Crippen LogP contribution >= 0.6 is 11.3 Å². The molecule has 20 heavy (non-hydrogen) atoms. The Hall–Kier alpha value is -2.19. The van der Waals surface area contributed by atoms with E-state index in [9.17, 15) is 10.1 Å². The number of non-ortho nitro benzene ring substituents is 1. The van der Waals surface area contributed by atoms with Gasteiger partial charge in [-0.05, 0) is 13.0 Å². The molecule has 0 bridgehead atoms. The zero-order valence-corrected chi connectivity index (χ0v) is 12.0. The first-order valence-corrected chi connectivity index (χ1v) is 6.76. The fraction of sp³-hybridized carbons (Fsp3) is 0.250. The summed E-state index contributed by atoms with van der Waals surface area (Å²) < 4.78 is 0. The highest BCUT2D eigenvalue weighted by Gasteiger charge is 2.13. The zero-order valence-electron chi connectivity index (χ0n) is 11.2. The number of nitro groups is 1. The van der Waals surface area contributed by atoms with Crippen molar-refractivity contribution in [2.45, 2.75) is 13.5 Å². The predicted molar refractivity (Wildman–Crippen MR) is 79.9 cm³/mol. The van der Waals surface area contributed by atoms with Gasteiger partial charge in [0.2, 0.25) is 0 Å². The lowest BCUT2D eigenvalue weighted by Gasteiger charge is -2.18. The summed E-state index contributed by atoms with van der Waals surface area (Å²) in [5, 5.41) is 13.9. The summed E-state index contributed by atoms with van der Waals surface area (Å²) in [4.78, 5) is 16.7. The first-order chi connectivity index (χ1) is 9.49. The lowest BCUT2D eigenvalue weighted by atomic mass is 10.2. The van der Waals surface area contributed by atoms with Gasteiger partial charge in [-0.1, -0.05) is 0 Å². The van der Waals surface area contributed by atoms with E-state index in [2.05, 4.69) is 10.4 Å². The standard InChI is InChI=1S/C12H15N5O2S/c1-8-14-10(7-20-8)6-16(2)11-3-9(15-13)4-12(5-11)17(18)19/h3-5,7,15H,6,13H2,1-2H3. The molecule has 2 rings (SSSR count). The fourth-order valence-electron chi connectivity index (χ4n) is 1.82. The van der Waals surface area contributed by atoms with E-state index in [1.165, 1.54) is 12.1 Å². The minimum Gasteiger partial charge on any atom is -0.368 e. The molecule has 1 aromatic carbocycles. The molecule has 3 N–H and O–H groups in total. The number of nitrogen functional groups attached to an aromatic ring is 1. The van der Waals surface area contributed by atoms with Crippen molar-refractivity contribution in [3.05, 3.63) is 44.4 Å². The van der Waals surface area contributed by atoms with Crippen molar-refractivity contribution in [1.82, 2.24) is 4.98 Å². The number of nitrogens with one attached hydrogen (secondary N) is 1. The molecule has 0 aliphatic heterocycles. The topological polar surface area (TPSA) is 97.3 Å². The van der Waals surface area contributed by atoms with Gasteiger partial charge in [0.25, 0.3) is 5.69 Å². The van der Waals surface area contributed by atoms with Crippen LogP contribution in [-0.2, 0) is 6.54 Å². The second kappa shape index (κ2) is 5.85. The number of anilines is 2. The average Bonchev–Trinajstić information content (AvgIpc) is 2.83. The molecule has 8 heteroatoms. The maximum atomic E-state index is 10.9. The lowest BCUT2D eigenvalue weighted by molar-refractivity contribution is -0.384. The van der Waals surface area contributed by atoms with Crippen LogP contribution in [0.15, 0.2) is 23.6 Å². The first-order valence-electron chi connectivity index (χ1n) is 5.88. The Morgan fingerprint density at radius 3 is 2.80 bits per heavy atom.